The van der Waals surface area contributed by atoms with Crippen molar-refractivity contribution in [1.29, 1.82) is 0 Å². The van der Waals surface area contributed by atoms with Crippen LogP contribution in [0, 0.1) is 5.92 Å². The quantitative estimate of drug-likeness (QED) is 0.855. The van der Waals surface area contributed by atoms with Crippen molar-refractivity contribution in [3.8, 4) is 5.75 Å². The minimum Gasteiger partial charge on any atom is -0.497 e. The lowest BCUT2D eigenvalue weighted by molar-refractivity contribution is -0.153. The second kappa shape index (κ2) is 7.44. The fourth-order valence-electron chi connectivity index (χ4n) is 3.19. The Labute approximate surface area is 149 Å². The van der Waals surface area contributed by atoms with Crippen molar-refractivity contribution in [3.63, 3.8) is 0 Å². The van der Waals surface area contributed by atoms with Crippen LogP contribution in [-0.2, 0) is 9.59 Å². The van der Waals surface area contributed by atoms with E-state index in [0.29, 0.717) is 18.7 Å². The van der Waals surface area contributed by atoms with E-state index in [0.717, 1.165) is 5.56 Å². The fraction of sp³-hybridized carbons (Fsp3) is 0.579. The molecule has 2 atom stereocenters. The molecule has 6 heteroatoms. The maximum atomic E-state index is 12.7. The van der Waals surface area contributed by atoms with Gasteiger partial charge in [0.1, 0.15) is 5.75 Å². The zero-order chi connectivity index (χ0) is 18.8. The highest BCUT2D eigenvalue weighted by Crippen LogP contribution is 2.39. The number of carbonyl (C=O) groups excluding carboxylic acids is 1. The van der Waals surface area contributed by atoms with E-state index in [1.807, 2.05) is 57.1 Å². The van der Waals surface area contributed by atoms with Crippen molar-refractivity contribution in [3.05, 3.63) is 29.8 Å². The molecule has 6 nitrogen and oxygen atoms in total. The molecule has 1 heterocycles. The largest absolute Gasteiger partial charge is 0.497 e. The van der Waals surface area contributed by atoms with Gasteiger partial charge in [-0.05, 0) is 52.1 Å². The summed E-state index contributed by atoms with van der Waals surface area (Å²) in [4.78, 5) is 28.3. The van der Waals surface area contributed by atoms with Gasteiger partial charge in [0.2, 0.25) is 5.91 Å². The predicted molar refractivity (Wildman–Crippen MR) is 95.6 cm³/mol. The van der Waals surface area contributed by atoms with E-state index in [1.54, 1.807) is 12.0 Å². The number of carboxylic acid groups (broad SMARTS) is 1. The SMILES string of the molecule is COc1cccc([C@@H]2[C@@H](C(=O)O)CCC(=O)N2CC(C)(C)N(C)C)c1. The molecule has 0 aromatic heterocycles. The number of hydrogen-bond donors (Lipinski definition) is 1. The number of methoxy groups -OCH3 is 1. The summed E-state index contributed by atoms with van der Waals surface area (Å²) in [5.41, 5.74) is 0.530. The Morgan fingerprint density at radius 3 is 2.64 bits per heavy atom. The number of amides is 1. The van der Waals surface area contributed by atoms with Crippen LogP contribution in [-0.4, -0.2) is 60.1 Å². The number of ether oxygens (including phenoxy) is 1. The summed E-state index contributed by atoms with van der Waals surface area (Å²) in [6.07, 6.45) is 0.621. The van der Waals surface area contributed by atoms with Gasteiger partial charge in [0.05, 0.1) is 19.1 Å². The second-order valence-corrected chi connectivity index (χ2v) is 7.43. The van der Waals surface area contributed by atoms with Crippen LogP contribution in [0.25, 0.3) is 0 Å². The summed E-state index contributed by atoms with van der Waals surface area (Å²) >= 11 is 0. The minimum absolute atomic E-state index is 0.000227. The number of rotatable bonds is 6. The van der Waals surface area contributed by atoms with Gasteiger partial charge in [-0.2, -0.15) is 0 Å². The molecule has 0 bridgehead atoms. The van der Waals surface area contributed by atoms with Crippen LogP contribution in [0.3, 0.4) is 0 Å². The number of aliphatic carboxylic acids is 1. The van der Waals surface area contributed by atoms with E-state index in [4.69, 9.17) is 4.74 Å². The maximum absolute atomic E-state index is 12.7. The Hall–Kier alpha value is -2.08. The smallest absolute Gasteiger partial charge is 0.308 e. The molecule has 2 rings (SSSR count). The van der Waals surface area contributed by atoms with Crippen molar-refractivity contribution in [1.82, 2.24) is 9.80 Å². The monoisotopic (exact) mass is 348 g/mol. The topological polar surface area (TPSA) is 70.1 Å². The molecule has 1 aromatic rings. The molecule has 0 radical (unpaired) electrons. The lowest BCUT2D eigenvalue weighted by atomic mass is 9.83. The van der Waals surface area contributed by atoms with Crippen molar-refractivity contribution >= 4 is 11.9 Å². The van der Waals surface area contributed by atoms with Crippen LogP contribution in [0.4, 0.5) is 0 Å². The van der Waals surface area contributed by atoms with Gasteiger partial charge < -0.3 is 19.6 Å². The van der Waals surface area contributed by atoms with E-state index >= 15 is 0 Å². The number of carboxylic acids is 1. The molecule has 0 spiro atoms. The number of likely N-dealkylation sites (tertiary alicyclic amines) is 1. The molecule has 1 aliphatic heterocycles. The van der Waals surface area contributed by atoms with E-state index < -0.39 is 17.9 Å². The summed E-state index contributed by atoms with van der Waals surface area (Å²) in [5, 5.41) is 9.73. The number of piperidine rings is 1. The van der Waals surface area contributed by atoms with Gasteiger partial charge in [-0.3, -0.25) is 9.59 Å². The van der Waals surface area contributed by atoms with Gasteiger partial charge >= 0.3 is 5.97 Å². The number of carbonyl (C=O) groups is 2. The Morgan fingerprint density at radius 1 is 1.40 bits per heavy atom. The number of benzene rings is 1. The van der Waals surface area contributed by atoms with E-state index in [2.05, 4.69) is 0 Å². The Morgan fingerprint density at radius 2 is 2.08 bits per heavy atom. The Bertz CT molecular complexity index is 642. The van der Waals surface area contributed by atoms with Gasteiger partial charge in [0, 0.05) is 18.5 Å². The third-order valence-electron chi connectivity index (χ3n) is 5.23. The third-order valence-corrected chi connectivity index (χ3v) is 5.23. The maximum Gasteiger partial charge on any atom is 0.308 e. The molecule has 0 unspecified atom stereocenters. The van der Waals surface area contributed by atoms with E-state index in [9.17, 15) is 14.7 Å². The van der Waals surface area contributed by atoms with Crippen molar-refractivity contribution < 1.29 is 19.4 Å². The Kier molecular flexibility index (Phi) is 5.72. The summed E-state index contributed by atoms with van der Waals surface area (Å²) in [6.45, 7) is 4.56. The molecule has 1 aromatic carbocycles. The minimum atomic E-state index is -0.868. The van der Waals surface area contributed by atoms with E-state index in [-0.39, 0.29) is 17.9 Å². The normalized spacial score (nSPS) is 21.5. The van der Waals surface area contributed by atoms with Crippen molar-refractivity contribution in [2.24, 2.45) is 5.92 Å². The average molecular weight is 348 g/mol. The lowest BCUT2D eigenvalue weighted by Gasteiger charge is -2.45. The molecule has 1 aliphatic rings. The van der Waals surface area contributed by atoms with Crippen LogP contribution in [0.5, 0.6) is 5.75 Å². The summed E-state index contributed by atoms with van der Waals surface area (Å²) < 4.78 is 5.28. The highest BCUT2D eigenvalue weighted by atomic mass is 16.5. The first-order valence-electron chi connectivity index (χ1n) is 8.51. The van der Waals surface area contributed by atoms with Gasteiger partial charge in [-0.1, -0.05) is 12.1 Å². The van der Waals surface area contributed by atoms with Gasteiger partial charge in [-0.15, -0.1) is 0 Å². The summed E-state index contributed by atoms with van der Waals surface area (Å²) in [7, 11) is 5.50. The lowest BCUT2D eigenvalue weighted by Crippen LogP contribution is -2.54. The molecule has 0 aliphatic carbocycles. The van der Waals surface area contributed by atoms with Crippen LogP contribution >= 0.6 is 0 Å². The number of hydrogen-bond acceptors (Lipinski definition) is 4. The van der Waals surface area contributed by atoms with E-state index in [1.165, 1.54) is 0 Å². The fourth-order valence-corrected chi connectivity index (χ4v) is 3.19. The average Bonchev–Trinajstić information content (AvgIpc) is 2.56. The number of likely N-dealkylation sites (N-methyl/N-ethyl adjacent to an activating group) is 1. The van der Waals surface area contributed by atoms with Crippen LogP contribution in [0.15, 0.2) is 24.3 Å². The molecule has 1 N–H and O–H groups in total. The predicted octanol–water partition coefficient (Wildman–Crippen LogP) is 2.40. The first kappa shape index (κ1) is 19.2. The molecule has 25 heavy (non-hydrogen) atoms. The second-order valence-electron chi connectivity index (χ2n) is 7.43. The highest BCUT2D eigenvalue weighted by molar-refractivity contribution is 5.82. The van der Waals surface area contributed by atoms with Gasteiger partial charge in [-0.25, -0.2) is 0 Å². The molecular weight excluding hydrogens is 320 g/mol. The number of nitrogens with zero attached hydrogens (tertiary/aromatic N) is 2. The van der Waals surface area contributed by atoms with Crippen LogP contribution in [0.1, 0.15) is 38.3 Å². The van der Waals surface area contributed by atoms with Crippen molar-refractivity contribution in [2.75, 3.05) is 27.7 Å². The molecular formula is C19H28N2O4. The molecule has 1 fully saturated rings. The van der Waals surface area contributed by atoms with Crippen molar-refractivity contribution in [2.45, 2.75) is 38.3 Å². The first-order valence-corrected chi connectivity index (χ1v) is 8.51. The summed E-state index contributed by atoms with van der Waals surface area (Å²) in [6, 6.07) is 6.86. The molecule has 0 saturated carbocycles. The molecule has 138 valence electrons. The Balaban J connectivity index is 2.47. The molecule has 1 amide bonds. The zero-order valence-corrected chi connectivity index (χ0v) is 15.7. The third kappa shape index (κ3) is 4.12. The van der Waals surface area contributed by atoms with Gasteiger partial charge in [0.15, 0.2) is 0 Å². The standard InChI is InChI=1S/C19H28N2O4/c1-19(2,20(3)4)12-21-16(22)10-9-15(18(23)24)17(21)13-7-6-8-14(11-13)25-5/h6-8,11,15,17H,9-10,12H2,1-5H3,(H,23,24)/t15-,17+/m0/s1. The molecule has 1 saturated heterocycles. The van der Waals surface area contributed by atoms with Gasteiger partial charge in [0.25, 0.3) is 0 Å². The highest BCUT2D eigenvalue weighted by Gasteiger charge is 2.43. The first-order chi connectivity index (χ1) is 11.7. The van der Waals surface area contributed by atoms with Crippen LogP contribution in [0.2, 0.25) is 0 Å². The summed E-state index contributed by atoms with van der Waals surface area (Å²) in [5.74, 6) is -0.831. The van der Waals surface area contributed by atoms with Crippen LogP contribution < -0.4 is 4.74 Å². The zero-order valence-electron chi connectivity index (χ0n) is 15.7.